The molecule has 2 heterocycles. The second-order valence-corrected chi connectivity index (χ2v) is 6.00. The molecule has 1 saturated heterocycles. The van der Waals surface area contributed by atoms with Gasteiger partial charge in [-0.05, 0) is 12.1 Å². The normalized spacial score (nSPS) is 21.3. The number of nitrogens with one attached hydrogen (secondary N) is 2. The van der Waals surface area contributed by atoms with Crippen LogP contribution in [0.25, 0.3) is 0 Å². The number of nitro benzene ring substituents is 1. The van der Waals surface area contributed by atoms with E-state index in [1.54, 1.807) is 0 Å². The van der Waals surface area contributed by atoms with Gasteiger partial charge in [-0.3, -0.25) is 20.0 Å². The van der Waals surface area contributed by atoms with Crippen LogP contribution >= 0.6 is 0 Å². The lowest BCUT2D eigenvalue weighted by atomic mass is 10.2. The molecular weight excluding hydrogens is 374 g/mol. The SMILES string of the molecule is O=C(Nc1cccc([N+](=O)[O-])c1)Nc1ccn([C@H]2C[C@@H](O)C(CO)O2)c(=O)n1. The molecular formula is C16H17N5O7. The molecule has 1 aromatic heterocycles. The number of ether oxygens (including phenoxy) is 1. The fourth-order valence-corrected chi connectivity index (χ4v) is 2.73. The average molecular weight is 391 g/mol. The third kappa shape index (κ3) is 4.31. The molecule has 3 rings (SSSR count). The third-order valence-corrected chi connectivity index (χ3v) is 4.08. The molecule has 1 aromatic carbocycles. The molecule has 148 valence electrons. The molecule has 1 aliphatic heterocycles. The Morgan fingerprint density at radius 1 is 1.39 bits per heavy atom. The Balaban J connectivity index is 1.66. The van der Waals surface area contributed by atoms with Gasteiger partial charge in [-0.25, -0.2) is 9.59 Å². The number of rotatable bonds is 5. The fraction of sp³-hybridized carbons (Fsp3) is 0.312. The molecule has 3 atom stereocenters. The van der Waals surface area contributed by atoms with Crippen molar-refractivity contribution in [3.63, 3.8) is 0 Å². The van der Waals surface area contributed by atoms with Crippen LogP contribution in [-0.4, -0.2) is 49.5 Å². The number of carbonyl (C=O) groups is 1. The van der Waals surface area contributed by atoms with Crippen LogP contribution in [0.15, 0.2) is 41.3 Å². The summed E-state index contributed by atoms with van der Waals surface area (Å²) in [6.45, 7) is -0.378. The lowest BCUT2D eigenvalue weighted by Gasteiger charge is -2.14. The fourth-order valence-electron chi connectivity index (χ4n) is 2.73. The summed E-state index contributed by atoms with van der Waals surface area (Å²) in [7, 11) is 0. The van der Waals surface area contributed by atoms with E-state index in [4.69, 9.17) is 9.84 Å². The number of benzene rings is 1. The van der Waals surface area contributed by atoms with Gasteiger partial charge in [-0.15, -0.1) is 0 Å². The second kappa shape index (κ2) is 8.12. The van der Waals surface area contributed by atoms with Gasteiger partial charge >= 0.3 is 11.7 Å². The van der Waals surface area contributed by atoms with Crippen molar-refractivity contribution in [1.29, 1.82) is 0 Å². The van der Waals surface area contributed by atoms with Gasteiger partial charge in [0.25, 0.3) is 5.69 Å². The zero-order valence-corrected chi connectivity index (χ0v) is 14.4. The maximum absolute atomic E-state index is 12.2. The number of nitro groups is 1. The van der Waals surface area contributed by atoms with Crippen LogP contribution in [-0.2, 0) is 4.74 Å². The molecule has 1 fully saturated rings. The molecule has 28 heavy (non-hydrogen) atoms. The molecule has 12 heteroatoms. The van der Waals surface area contributed by atoms with Crippen molar-refractivity contribution >= 4 is 23.2 Å². The highest BCUT2D eigenvalue weighted by molar-refractivity contribution is 5.99. The van der Waals surface area contributed by atoms with Gasteiger partial charge in [-0.1, -0.05) is 6.07 Å². The largest absolute Gasteiger partial charge is 0.394 e. The zero-order chi connectivity index (χ0) is 20.3. The molecule has 0 aliphatic carbocycles. The minimum absolute atomic E-state index is 0.0403. The number of carbonyl (C=O) groups excluding carboxylic acids is 1. The number of urea groups is 1. The Hall–Kier alpha value is -3.35. The molecule has 12 nitrogen and oxygen atoms in total. The van der Waals surface area contributed by atoms with E-state index in [0.29, 0.717) is 0 Å². The number of aliphatic hydroxyl groups excluding tert-OH is 2. The second-order valence-electron chi connectivity index (χ2n) is 6.00. The van der Waals surface area contributed by atoms with Crippen molar-refractivity contribution in [3.05, 3.63) is 57.1 Å². The summed E-state index contributed by atoms with van der Waals surface area (Å²) >= 11 is 0. The van der Waals surface area contributed by atoms with Crippen LogP contribution < -0.4 is 16.3 Å². The Bertz CT molecular complexity index is 947. The highest BCUT2D eigenvalue weighted by Gasteiger charge is 2.34. The van der Waals surface area contributed by atoms with Crippen LogP contribution in [0.1, 0.15) is 12.6 Å². The van der Waals surface area contributed by atoms with E-state index in [9.17, 15) is 24.8 Å². The van der Waals surface area contributed by atoms with Crippen LogP contribution in [0, 0.1) is 10.1 Å². The van der Waals surface area contributed by atoms with Gasteiger partial charge in [0.2, 0.25) is 0 Å². The number of nitrogens with zero attached hydrogens (tertiary/aromatic N) is 3. The summed E-state index contributed by atoms with van der Waals surface area (Å²) in [5, 5.41) is 34.4. The molecule has 0 spiro atoms. The highest BCUT2D eigenvalue weighted by Crippen LogP contribution is 2.27. The Kier molecular flexibility index (Phi) is 5.63. The van der Waals surface area contributed by atoms with Crippen molar-refractivity contribution < 1.29 is 24.7 Å². The molecule has 0 bridgehead atoms. The number of hydrogen-bond donors (Lipinski definition) is 4. The monoisotopic (exact) mass is 391 g/mol. The highest BCUT2D eigenvalue weighted by atomic mass is 16.6. The molecule has 0 radical (unpaired) electrons. The number of amides is 2. The predicted octanol–water partition coefficient (Wildman–Crippen LogP) is 0.436. The maximum Gasteiger partial charge on any atom is 0.351 e. The lowest BCUT2D eigenvalue weighted by molar-refractivity contribution is -0.384. The predicted molar refractivity (Wildman–Crippen MR) is 95.9 cm³/mol. The number of aliphatic hydroxyl groups is 2. The van der Waals surface area contributed by atoms with Crippen LogP contribution in [0.4, 0.5) is 22.0 Å². The third-order valence-electron chi connectivity index (χ3n) is 4.08. The first kappa shape index (κ1) is 19.4. The van der Waals surface area contributed by atoms with Crippen molar-refractivity contribution in [1.82, 2.24) is 9.55 Å². The van der Waals surface area contributed by atoms with Crippen molar-refractivity contribution in [2.24, 2.45) is 0 Å². The number of non-ortho nitro benzene ring substituents is 1. The molecule has 2 amide bonds. The van der Waals surface area contributed by atoms with Gasteiger partial charge in [0.05, 0.1) is 17.6 Å². The van der Waals surface area contributed by atoms with Crippen LogP contribution in [0.2, 0.25) is 0 Å². The van der Waals surface area contributed by atoms with Crippen LogP contribution in [0.3, 0.4) is 0 Å². The van der Waals surface area contributed by atoms with E-state index in [1.165, 1.54) is 36.5 Å². The summed E-state index contributed by atoms with van der Waals surface area (Å²) in [4.78, 5) is 38.1. The molecule has 4 N–H and O–H groups in total. The summed E-state index contributed by atoms with van der Waals surface area (Å²) < 4.78 is 6.53. The zero-order valence-electron chi connectivity index (χ0n) is 14.4. The molecule has 0 saturated carbocycles. The maximum atomic E-state index is 12.2. The quantitative estimate of drug-likeness (QED) is 0.420. The lowest BCUT2D eigenvalue weighted by Crippen LogP contribution is -2.29. The van der Waals surface area contributed by atoms with Crippen molar-refractivity contribution in [3.8, 4) is 0 Å². The van der Waals surface area contributed by atoms with Gasteiger partial charge in [-0.2, -0.15) is 4.98 Å². The number of hydrogen-bond acceptors (Lipinski definition) is 8. The topological polar surface area (TPSA) is 169 Å². The van der Waals surface area contributed by atoms with E-state index >= 15 is 0 Å². The number of aromatic nitrogens is 2. The Morgan fingerprint density at radius 2 is 2.18 bits per heavy atom. The minimum atomic E-state index is -0.902. The Morgan fingerprint density at radius 3 is 2.82 bits per heavy atom. The first-order valence-electron chi connectivity index (χ1n) is 8.23. The van der Waals surface area contributed by atoms with Crippen molar-refractivity contribution in [2.75, 3.05) is 17.2 Å². The summed E-state index contributed by atoms with van der Waals surface area (Å²) in [6, 6.07) is 5.98. The van der Waals surface area contributed by atoms with E-state index in [2.05, 4.69) is 15.6 Å². The van der Waals surface area contributed by atoms with E-state index in [1.807, 2.05) is 0 Å². The van der Waals surface area contributed by atoms with Gasteiger partial charge in [0, 0.05) is 30.4 Å². The minimum Gasteiger partial charge on any atom is -0.394 e. The first-order chi connectivity index (χ1) is 13.4. The van der Waals surface area contributed by atoms with Gasteiger partial charge in [0.15, 0.2) is 0 Å². The summed E-state index contributed by atoms with van der Waals surface area (Å²) in [5.41, 5.74) is -0.703. The van der Waals surface area contributed by atoms with Crippen LogP contribution in [0.5, 0.6) is 0 Å². The summed E-state index contributed by atoms with van der Waals surface area (Å²) in [5.74, 6) is -0.0403. The molecule has 1 unspecified atom stereocenters. The van der Waals surface area contributed by atoms with E-state index in [0.717, 1.165) is 4.57 Å². The average Bonchev–Trinajstić information content (AvgIpc) is 3.02. The summed E-state index contributed by atoms with van der Waals surface area (Å²) in [6.07, 6.45) is -1.00. The standard InChI is InChI=1S/C16H17N5O7/c22-8-12-11(23)7-14(28-12)20-5-4-13(19-16(20)25)18-15(24)17-9-2-1-3-10(6-9)21(26)27/h1-6,11-12,14,22-23H,7-8H2,(H2,17,18,19,24,25)/t11-,12?,14-/m1/s1. The molecule has 1 aliphatic rings. The van der Waals surface area contributed by atoms with E-state index < -0.39 is 35.1 Å². The first-order valence-corrected chi connectivity index (χ1v) is 8.23. The Labute approximate surface area is 157 Å². The smallest absolute Gasteiger partial charge is 0.351 e. The van der Waals surface area contributed by atoms with Gasteiger partial charge in [0.1, 0.15) is 18.1 Å². The van der Waals surface area contributed by atoms with Crippen molar-refractivity contribution in [2.45, 2.75) is 24.9 Å². The number of anilines is 2. The molecule has 2 aromatic rings. The van der Waals surface area contributed by atoms with E-state index in [-0.39, 0.29) is 30.2 Å². The van der Waals surface area contributed by atoms with Gasteiger partial charge < -0.3 is 20.3 Å².